The number of fused-ring (bicyclic) bond motifs is 1. The van der Waals surface area contributed by atoms with E-state index in [1.165, 1.54) is 5.56 Å². The van der Waals surface area contributed by atoms with Crippen molar-refractivity contribution in [3.05, 3.63) is 69.5 Å². The second-order valence-electron chi connectivity index (χ2n) is 7.32. The van der Waals surface area contributed by atoms with E-state index in [2.05, 4.69) is 20.9 Å². The number of hydrogen-bond donors (Lipinski definition) is 1. The molecular formula is C23H22BrNO4. The van der Waals surface area contributed by atoms with Gasteiger partial charge in [0, 0.05) is 16.5 Å². The van der Waals surface area contributed by atoms with Crippen molar-refractivity contribution in [3.63, 3.8) is 0 Å². The van der Waals surface area contributed by atoms with E-state index in [1.807, 2.05) is 49.4 Å². The van der Waals surface area contributed by atoms with Crippen molar-refractivity contribution in [1.29, 1.82) is 0 Å². The largest absolute Gasteiger partial charge is 0.493 e. The summed E-state index contributed by atoms with van der Waals surface area (Å²) in [5.41, 5.74) is 4.17. The Kier molecular flexibility index (Phi) is 5.72. The van der Waals surface area contributed by atoms with E-state index in [0.717, 1.165) is 45.6 Å². The lowest BCUT2D eigenvalue weighted by Gasteiger charge is -2.10. The lowest BCUT2D eigenvalue weighted by Crippen LogP contribution is -2.04. The van der Waals surface area contributed by atoms with Crippen LogP contribution in [0.2, 0.25) is 0 Å². The van der Waals surface area contributed by atoms with Crippen molar-refractivity contribution >= 4 is 21.9 Å². The van der Waals surface area contributed by atoms with Crippen molar-refractivity contribution in [3.8, 4) is 17.2 Å². The quantitative estimate of drug-likeness (QED) is 0.506. The van der Waals surface area contributed by atoms with Gasteiger partial charge in [-0.05, 0) is 67.1 Å². The van der Waals surface area contributed by atoms with Gasteiger partial charge in [-0.2, -0.15) is 0 Å². The lowest BCUT2D eigenvalue weighted by atomic mass is 9.98. The topological polar surface area (TPSA) is 72.6 Å². The summed E-state index contributed by atoms with van der Waals surface area (Å²) < 4.78 is 12.7. The van der Waals surface area contributed by atoms with Crippen LogP contribution in [0.25, 0.3) is 11.5 Å². The second kappa shape index (κ2) is 8.41. The molecule has 4 rings (SSSR count). The first-order chi connectivity index (χ1) is 14.0. The van der Waals surface area contributed by atoms with Gasteiger partial charge in [0.25, 0.3) is 0 Å². The highest BCUT2D eigenvalue weighted by Crippen LogP contribution is 2.37. The molecule has 0 amide bonds. The SMILES string of the molecule is Cc1oc(-c2cccc(Br)c2)nc1CCOc1ccc2c(c1)CC[C@H]2CC(=O)O. The summed E-state index contributed by atoms with van der Waals surface area (Å²) in [7, 11) is 0. The zero-order chi connectivity index (χ0) is 20.4. The number of aromatic nitrogens is 1. The fourth-order valence-corrected chi connectivity index (χ4v) is 4.26. The molecule has 1 aliphatic rings. The number of carbonyl (C=O) groups is 1. The van der Waals surface area contributed by atoms with Gasteiger partial charge in [-0.15, -0.1) is 0 Å². The Bertz CT molecular complexity index is 1040. The van der Waals surface area contributed by atoms with Crippen molar-refractivity contribution < 1.29 is 19.1 Å². The highest BCUT2D eigenvalue weighted by molar-refractivity contribution is 9.10. The molecule has 150 valence electrons. The third kappa shape index (κ3) is 4.53. The van der Waals surface area contributed by atoms with Crippen molar-refractivity contribution in [1.82, 2.24) is 4.98 Å². The third-order valence-corrected chi connectivity index (χ3v) is 5.80. The zero-order valence-electron chi connectivity index (χ0n) is 16.2. The number of benzene rings is 2. The van der Waals surface area contributed by atoms with Gasteiger partial charge in [0.15, 0.2) is 0 Å². The average molecular weight is 456 g/mol. The van der Waals surface area contributed by atoms with Crippen LogP contribution in [-0.4, -0.2) is 22.7 Å². The Morgan fingerprint density at radius 1 is 1.31 bits per heavy atom. The average Bonchev–Trinajstić information content (AvgIpc) is 3.25. The molecule has 0 saturated carbocycles. The summed E-state index contributed by atoms with van der Waals surface area (Å²) >= 11 is 3.47. The molecule has 1 heterocycles. The van der Waals surface area contributed by atoms with E-state index in [-0.39, 0.29) is 12.3 Å². The standard InChI is InChI=1S/C23H22BrNO4/c1-14-21(25-23(29-14)17-3-2-4-18(24)11-17)9-10-28-19-7-8-20-15(12-19)5-6-16(20)13-22(26)27/h2-4,7-8,11-12,16H,5-6,9-10,13H2,1H3,(H,26,27)/t16-/m0/s1. The number of carboxylic acid groups (broad SMARTS) is 1. The van der Waals surface area contributed by atoms with Crippen LogP contribution in [0.5, 0.6) is 5.75 Å². The van der Waals surface area contributed by atoms with E-state index in [1.54, 1.807) is 0 Å². The molecule has 0 bridgehead atoms. The van der Waals surface area contributed by atoms with Crippen LogP contribution in [-0.2, 0) is 17.6 Å². The summed E-state index contributed by atoms with van der Waals surface area (Å²) in [6, 6.07) is 13.9. The zero-order valence-corrected chi connectivity index (χ0v) is 17.7. The maximum Gasteiger partial charge on any atom is 0.303 e. The summed E-state index contributed by atoms with van der Waals surface area (Å²) in [5, 5.41) is 9.05. The molecule has 1 N–H and O–H groups in total. The molecule has 1 atom stereocenters. The smallest absolute Gasteiger partial charge is 0.303 e. The fraction of sp³-hybridized carbons (Fsp3) is 0.304. The van der Waals surface area contributed by atoms with Crippen molar-refractivity contribution in [2.45, 2.75) is 38.5 Å². The van der Waals surface area contributed by atoms with Crippen molar-refractivity contribution in [2.75, 3.05) is 6.61 Å². The highest BCUT2D eigenvalue weighted by Gasteiger charge is 2.24. The Morgan fingerprint density at radius 2 is 2.17 bits per heavy atom. The number of oxazole rings is 1. The molecule has 1 aromatic heterocycles. The number of hydrogen-bond acceptors (Lipinski definition) is 4. The molecule has 0 saturated heterocycles. The number of aryl methyl sites for hydroxylation is 2. The van der Waals surface area contributed by atoms with Crippen LogP contribution in [0, 0.1) is 6.92 Å². The number of ether oxygens (including phenoxy) is 1. The second-order valence-corrected chi connectivity index (χ2v) is 8.24. The molecule has 1 aliphatic carbocycles. The van der Waals surface area contributed by atoms with Gasteiger partial charge in [0.2, 0.25) is 5.89 Å². The number of halogens is 1. The summed E-state index contributed by atoms with van der Waals surface area (Å²) in [6.07, 6.45) is 2.64. The van der Waals surface area contributed by atoms with Gasteiger partial charge in [0.1, 0.15) is 11.5 Å². The predicted octanol–water partition coefficient (Wildman–Crippen LogP) is 5.54. The van der Waals surface area contributed by atoms with Gasteiger partial charge in [-0.1, -0.05) is 28.1 Å². The van der Waals surface area contributed by atoms with Gasteiger partial charge >= 0.3 is 5.97 Å². The molecule has 5 nitrogen and oxygen atoms in total. The maximum atomic E-state index is 11.0. The van der Waals surface area contributed by atoms with E-state index >= 15 is 0 Å². The van der Waals surface area contributed by atoms with Crippen LogP contribution in [0.1, 0.15) is 41.3 Å². The lowest BCUT2D eigenvalue weighted by molar-refractivity contribution is -0.137. The molecule has 2 aromatic carbocycles. The number of aliphatic carboxylic acids is 1. The Hall–Kier alpha value is -2.60. The van der Waals surface area contributed by atoms with Crippen LogP contribution in [0.15, 0.2) is 51.4 Å². The van der Waals surface area contributed by atoms with Crippen molar-refractivity contribution in [2.24, 2.45) is 0 Å². The minimum atomic E-state index is -0.742. The molecular weight excluding hydrogens is 434 g/mol. The van der Waals surface area contributed by atoms with E-state index in [0.29, 0.717) is 18.9 Å². The monoisotopic (exact) mass is 455 g/mol. The highest BCUT2D eigenvalue weighted by atomic mass is 79.9. The Labute approximate surface area is 177 Å². The van der Waals surface area contributed by atoms with Gasteiger partial charge < -0.3 is 14.3 Å². The third-order valence-electron chi connectivity index (χ3n) is 5.31. The number of nitrogens with zero attached hydrogens (tertiary/aromatic N) is 1. The molecule has 0 radical (unpaired) electrons. The molecule has 3 aromatic rings. The molecule has 0 spiro atoms. The summed E-state index contributed by atoms with van der Waals surface area (Å²) in [4.78, 5) is 15.6. The van der Waals surface area contributed by atoms with Crippen LogP contribution >= 0.6 is 15.9 Å². The first kappa shape index (κ1) is 19.7. The number of carboxylic acids is 1. The summed E-state index contributed by atoms with van der Waals surface area (Å²) in [5.74, 6) is 1.60. The molecule has 0 aliphatic heterocycles. The first-order valence-electron chi connectivity index (χ1n) is 9.69. The number of rotatable bonds is 7. The van der Waals surface area contributed by atoms with E-state index in [4.69, 9.17) is 14.3 Å². The van der Waals surface area contributed by atoms with Crippen LogP contribution < -0.4 is 4.74 Å². The normalized spacial score (nSPS) is 15.3. The molecule has 29 heavy (non-hydrogen) atoms. The van der Waals surface area contributed by atoms with E-state index < -0.39 is 5.97 Å². The minimum absolute atomic E-state index is 0.116. The van der Waals surface area contributed by atoms with E-state index in [9.17, 15) is 4.79 Å². The van der Waals surface area contributed by atoms with Gasteiger partial charge in [-0.25, -0.2) is 4.98 Å². The molecule has 0 unspecified atom stereocenters. The van der Waals surface area contributed by atoms with Crippen LogP contribution in [0.3, 0.4) is 0 Å². The Balaban J connectivity index is 1.38. The van der Waals surface area contributed by atoms with Gasteiger partial charge in [0.05, 0.1) is 18.7 Å². The predicted molar refractivity (Wildman–Crippen MR) is 113 cm³/mol. The maximum absolute atomic E-state index is 11.0. The fourth-order valence-electron chi connectivity index (χ4n) is 3.87. The van der Waals surface area contributed by atoms with Crippen LogP contribution in [0.4, 0.5) is 0 Å². The van der Waals surface area contributed by atoms with Gasteiger partial charge in [-0.3, -0.25) is 4.79 Å². The summed E-state index contributed by atoms with van der Waals surface area (Å²) in [6.45, 7) is 2.42. The molecule has 6 heteroatoms. The minimum Gasteiger partial charge on any atom is -0.493 e. The molecule has 0 fully saturated rings. The first-order valence-corrected chi connectivity index (χ1v) is 10.5. The Morgan fingerprint density at radius 3 is 2.97 bits per heavy atom.